The van der Waals surface area contributed by atoms with Gasteiger partial charge in [-0.15, -0.1) is 11.3 Å². The summed E-state index contributed by atoms with van der Waals surface area (Å²) in [4.78, 5) is 20.5. The molecule has 0 bridgehead atoms. The lowest BCUT2D eigenvalue weighted by atomic mass is 10.1. The number of nitrogens with one attached hydrogen (secondary N) is 1. The van der Waals surface area contributed by atoms with E-state index in [2.05, 4.69) is 15.3 Å². The van der Waals surface area contributed by atoms with Crippen LogP contribution < -0.4 is 11.1 Å². The molecule has 106 valence electrons. The van der Waals surface area contributed by atoms with Crippen molar-refractivity contribution >= 4 is 28.4 Å². The standard InChI is InChI=1S/C13H16N4O2S/c1-2-19-13(18)17-11-7-9(5-6-15-11)3-4-10-8-16-12(14)20-10/h5-8H,2-4H2,1H3,(H2,14,16)(H,15,17,18). The number of hydrogen-bond acceptors (Lipinski definition) is 6. The molecule has 0 aliphatic carbocycles. The topological polar surface area (TPSA) is 90.1 Å². The maximum absolute atomic E-state index is 11.3. The van der Waals surface area contributed by atoms with E-state index in [9.17, 15) is 4.79 Å². The summed E-state index contributed by atoms with van der Waals surface area (Å²) in [7, 11) is 0. The van der Waals surface area contributed by atoms with Crippen LogP contribution in [0.15, 0.2) is 24.5 Å². The molecule has 2 rings (SSSR count). The highest BCUT2D eigenvalue weighted by Gasteiger charge is 2.05. The van der Waals surface area contributed by atoms with Gasteiger partial charge in [-0.1, -0.05) is 0 Å². The van der Waals surface area contributed by atoms with Crippen molar-refractivity contribution in [3.8, 4) is 0 Å². The Morgan fingerprint density at radius 2 is 2.30 bits per heavy atom. The van der Waals surface area contributed by atoms with Crippen molar-refractivity contribution in [1.82, 2.24) is 9.97 Å². The predicted octanol–water partition coefficient (Wildman–Crippen LogP) is 2.47. The normalized spacial score (nSPS) is 10.2. The second kappa shape index (κ2) is 6.85. The third kappa shape index (κ3) is 4.20. The number of nitrogens with zero attached hydrogens (tertiary/aromatic N) is 2. The second-order valence-corrected chi connectivity index (χ2v) is 5.21. The van der Waals surface area contributed by atoms with Crippen LogP contribution in [0.2, 0.25) is 0 Å². The molecule has 0 saturated heterocycles. The van der Waals surface area contributed by atoms with Gasteiger partial charge in [0, 0.05) is 17.3 Å². The number of hydrogen-bond donors (Lipinski definition) is 2. The molecule has 2 aromatic rings. The van der Waals surface area contributed by atoms with E-state index in [1.165, 1.54) is 11.3 Å². The first-order chi connectivity index (χ1) is 9.67. The van der Waals surface area contributed by atoms with E-state index in [4.69, 9.17) is 10.5 Å². The van der Waals surface area contributed by atoms with Crippen LogP contribution in [-0.2, 0) is 17.6 Å². The Hall–Kier alpha value is -2.15. The number of nitrogen functional groups attached to an aromatic ring is 1. The SMILES string of the molecule is CCOC(=O)Nc1cc(CCc2cnc(N)s2)ccn1. The fraction of sp³-hybridized carbons (Fsp3) is 0.308. The fourth-order valence-corrected chi connectivity index (χ4v) is 2.36. The summed E-state index contributed by atoms with van der Waals surface area (Å²) in [6, 6.07) is 3.75. The van der Waals surface area contributed by atoms with Crippen LogP contribution in [0.4, 0.5) is 15.7 Å². The van der Waals surface area contributed by atoms with Crippen LogP contribution >= 0.6 is 11.3 Å². The average molecular weight is 292 g/mol. The molecule has 20 heavy (non-hydrogen) atoms. The van der Waals surface area contributed by atoms with Gasteiger partial charge in [0.15, 0.2) is 5.13 Å². The molecule has 0 aliphatic heterocycles. The summed E-state index contributed by atoms with van der Waals surface area (Å²) in [6.45, 7) is 2.09. The average Bonchev–Trinajstić information content (AvgIpc) is 2.83. The van der Waals surface area contributed by atoms with Gasteiger partial charge >= 0.3 is 6.09 Å². The van der Waals surface area contributed by atoms with Crippen LogP contribution in [0.5, 0.6) is 0 Å². The Morgan fingerprint density at radius 3 is 3.00 bits per heavy atom. The lowest BCUT2D eigenvalue weighted by molar-refractivity contribution is 0.168. The first-order valence-electron chi connectivity index (χ1n) is 6.26. The number of pyridine rings is 1. The van der Waals surface area contributed by atoms with Crippen molar-refractivity contribution < 1.29 is 9.53 Å². The van der Waals surface area contributed by atoms with Crippen molar-refractivity contribution in [3.63, 3.8) is 0 Å². The molecule has 6 nitrogen and oxygen atoms in total. The number of anilines is 2. The molecular formula is C13H16N4O2S. The predicted molar refractivity (Wildman–Crippen MR) is 78.8 cm³/mol. The number of ether oxygens (including phenoxy) is 1. The summed E-state index contributed by atoms with van der Waals surface area (Å²) in [5.74, 6) is 0.491. The maximum Gasteiger partial charge on any atom is 0.412 e. The summed E-state index contributed by atoms with van der Waals surface area (Å²) in [6.07, 6.45) is 4.66. The fourth-order valence-electron chi connectivity index (χ4n) is 1.68. The zero-order valence-corrected chi connectivity index (χ0v) is 11.9. The summed E-state index contributed by atoms with van der Waals surface area (Å²) < 4.78 is 4.81. The zero-order valence-electron chi connectivity index (χ0n) is 11.1. The molecule has 0 aromatic carbocycles. The Kier molecular flexibility index (Phi) is 4.89. The molecule has 2 aromatic heterocycles. The molecule has 0 saturated carbocycles. The molecule has 0 unspecified atom stereocenters. The number of thiazole rings is 1. The van der Waals surface area contributed by atoms with Crippen LogP contribution in [0.1, 0.15) is 17.4 Å². The third-order valence-corrected chi connectivity index (χ3v) is 3.45. The van der Waals surface area contributed by atoms with Gasteiger partial charge in [-0.05, 0) is 37.5 Å². The number of aryl methyl sites for hydroxylation is 2. The van der Waals surface area contributed by atoms with Gasteiger partial charge in [0.25, 0.3) is 0 Å². The van der Waals surface area contributed by atoms with Gasteiger partial charge in [0.1, 0.15) is 5.82 Å². The van der Waals surface area contributed by atoms with Gasteiger partial charge in [-0.2, -0.15) is 0 Å². The van der Waals surface area contributed by atoms with E-state index < -0.39 is 6.09 Å². The number of rotatable bonds is 5. The third-order valence-electron chi connectivity index (χ3n) is 2.56. The molecule has 3 N–H and O–H groups in total. The Bertz CT molecular complexity index is 585. The molecule has 0 aliphatic rings. The lowest BCUT2D eigenvalue weighted by Crippen LogP contribution is -2.14. The summed E-state index contributed by atoms with van der Waals surface area (Å²) in [5, 5.41) is 3.17. The minimum absolute atomic E-state index is 0.332. The van der Waals surface area contributed by atoms with E-state index in [0.717, 1.165) is 23.3 Å². The summed E-state index contributed by atoms with van der Waals surface area (Å²) >= 11 is 1.49. The Balaban J connectivity index is 1.93. The highest BCUT2D eigenvalue weighted by atomic mass is 32.1. The minimum atomic E-state index is -0.493. The largest absolute Gasteiger partial charge is 0.450 e. The van der Waals surface area contributed by atoms with E-state index in [1.807, 2.05) is 12.1 Å². The lowest BCUT2D eigenvalue weighted by Gasteiger charge is -2.06. The monoisotopic (exact) mass is 292 g/mol. The molecule has 2 heterocycles. The highest BCUT2D eigenvalue weighted by Crippen LogP contribution is 2.17. The van der Waals surface area contributed by atoms with Gasteiger partial charge in [0.05, 0.1) is 6.61 Å². The van der Waals surface area contributed by atoms with Crippen LogP contribution in [-0.4, -0.2) is 22.7 Å². The van der Waals surface area contributed by atoms with Crippen molar-refractivity contribution in [2.24, 2.45) is 0 Å². The highest BCUT2D eigenvalue weighted by molar-refractivity contribution is 7.15. The first kappa shape index (κ1) is 14.3. The molecule has 7 heteroatoms. The second-order valence-electron chi connectivity index (χ2n) is 4.06. The number of aromatic nitrogens is 2. The van der Waals surface area contributed by atoms with Gasteiger partial charge in [0.2, 0.25) is 0 Å². The molecule has 0 spiro atoms. The quantitative estimate of drug-likeness (QED) is 0.883. The zero-order chi connectivity index (χ0) is 14.4. The number of nitrogens with two attached hydrogens (primary N) is 1. The van der Waals surface area contributed by atoms with E-state index in [0.29, 0.717) is 17.6 Å². The van der Waals surface area contributed by atoms with Gasteiger partial charge in [-0.3, -0.25) is 5.32 Å². The molecule has 0 fully saturated rings. The smallest absolute Gasteiger partial charge is 0.412 e. The van der Waals surface area contributed by atoms with Crippen LogP contribution in [0.3, 0.4) is 0 Å². The Morgan fingerprint density at radius 1 is 1.45 bits per heavy atom. The number of amides is 1. The number of carbonyl (C=O) groups excluding carboxylic acids is 1. The van der Waals surface area contributed by atoms with Crippen molar-refractivity contribution in [3.05, 3.63) is 35.0 Å². The van der Waals surface area contributed by atoms with Crippen LogP contribution in [0.25, 0.3) is 0 Å². The Labute approximate surface area is 121 Å². The van der Waals surface area contributed by atoms with Crippen molar-refractivity contribution in [2.75, 3.05) is 17.7 Å². The van der Waals surface area contributed by atoms with Crippen molar-refractivity contribution in [1.29, 1.82) is 0 Å². The van der Waals surface area contributed by atoms with Gasteiger partial charge < -0.3 is 10.5 Å². The van der Waals surface area contributed by atoms with E-state index >= 15 is 0 Å². The van der Waals surface area contributed by atoms with Crippen molar-refractivity contribution in [2.45, 2.75) is 19.8 Å². The molecule has 0 atom stereocenters. The molecule has 0 radical (unpaired) electrons. The minimum Gasteiger partial charge on any atom is -0.450 e. The van der Waals surface area contributed by atoms with Crippen LogP contribution in [0, 0.1) is 0 Å². The van der Waals surface area contributed by atoms with E-state index in [1.54, 1.807) is 19.3 Å². The van der Waals surface area contributed by atoms with Gasteiger partial charge in [-0.25, -0.2) is 14.8 Å². The molecule has 1 amide bonds. The number of carbonyl (C=O) groups is 1. The maximum atomic E-state index is 11.3. The summed E-state index contributed by atoms with van der Waals surface area (Å²) in [5.41, 5.74) is 6.67. The first-order valence-corrected chi connectivity index (χ1v) is 7.08. The molecular weight excluding hydrogens is 276 g/mol. The van der Waals surface area contributed by atoms with E-state index in [-0.39, 0.29) is 0 Å².